The minimum atomic E-state index is -1.67. The fourth-order valence-electron chi connectivity index (χ4n) is 0.221. The summed E-state index contributed by atoms with van der Waals surface area (Å²) in [4.78, 5) is 1.65. The molecule has 0 aromatic heterocycles. The van der Waals surface area contributed by atoms with Crippen molar-refractivity contribution >= 4 is 11.1 Å². The molecule has 0 saturated heterocycles. The second-order valence-corrected chi connectivity index (χ2v) is 2.43. The Hall–Kier alpha value is 0.0700. The van der Waals surface area contributed by atoms with Crippen molar-refractivity contribution in [2.75, 3.05) is 20.0 Å². The van der Waals surface area contributed by atoms with E-state index in [1.165, 1.54) is 0 Å². The molecule has 0 bridgehead atoms. The van der Waals surface area contributed by atoms with Crippen molar-refractivity contribution in [3.8, 4) is 0 Å². The summed E-state index contributed by atoms with van der Waals surface area (Å²) in [6.07, 6.45) is 0. The minimum Gasteiger partial charge on any atom is -0.305 e. The van der Waals surface area contributed by atoms with Gasteiger partial charge >= 0.3 is 0 Å². The summed E-state index contributed by atoms with van der Waals surface area (Å²) >= 11 is -1.67. The van der Waals surface area contributed by atoms with Gasteiger partial charge in [-0.3, -0.25) is 4.90 Å². The molecule has 1 atom stereocenters. The maximum Gasteiger partial charge on any atom is 0.167 e. The first kappa shape index (κ1) is 7.07. The molecule has 0 aromatic carbocycles. The fourth-order valence-corrected chi connectivity index (χ4v) is 0.663. The third kappa shape index (κ3) is 6.07. The van der Waals surface area contributed by atoms with E-state index in [1.807, 2.05) is 0 Å². The maximum absolute atomic E-state index is 9.88. The molecule has 0 aliphatic carbocycles. The van der Waals surface area contributed by atoms with Gasteiger partial charge in [0.2, 0.25) is 0 Å². The van der Waals surface area contributed by atoms with Crippen LogP contribution < -0.4 is 0 Å². The standard InChI is InChI=1S/C3H9NO2S/c1-4(2)3-7(5)6/h3H2,1-2H3,(H,5,6). The molecule has 0 aliphatic rings. The van der Waals surface area contributed by atoms with Crippen LogP contribution in [0, 0.1) is 0 Å². The molecule has 1 unspecified atom stereocenters. The molecule has 0 saturated carbocycles. The van der Waals surface area contributed by atoms with Gasteiger partial charge in [-0.25, -0.2) is 4.21 Å². The van der Waals surface area contributed by atoms with E-state index >= 15 is 0 Å². The third-order valence-electron chi connectivity index (χ3n) is 0.369. The molecular weight excluding hydrogens is 114 g/mol. The van der Waals surface area contributed by atoms with Crippen LogP contribution in [0.1, 0.15) is 0 Å². The van der Waals surface area contributed by atoms with Crippen LogP contribution in [-0.4, -0.2) is 33.6 Å². The van der Waals surface area contributed by atoms with E-state index in [2.05, 4.69) is 0 Å². The Bertz CT molecular complexity index is 73.3. The quantitative estimate of drug-likeness (QED) is 0.514. The Labute approximate surface area is 45.6 Å². The first-order valence-corrected chi connectivity index (χ1v) is 3.12. The maximum atomic E-state index is 9.88. The second-order valence-electron chi connectivity index (χ2n) is 1.53. The van der Waals surface area contributed by atoms with Gasteiger partial charge in [-0.2, -0.15) is 0 Å². The molecule has 7 heavy (non-hydrogen) atoms. The lowest BCUT2D eigenvalue weighted by Gasteiger charge is -2.02. The van der Waals surface area contributed by atoms with Crippen molar-refractivity contribution < 1.29 is 8.76 Å². The van der Waals surface area contributed by atoms with Crippen molar-refractivity contribution in [2.45, 2.75) is 0 Å². The van der Waals surface area contributed by atoms with Gasteiger partial charge in [0.25, 0.3) is 0 Å². The summed E-state index contributed by atoms with van der Waals surface area (Å²) in [7, 11) is 3.49. The molecule has 0 fully saturated rings. The number of hydrogen-bond acceptors (Lipinski definition) is 2. The molecule has 0 radical (unpaired) electrons. The van der Waals surface area contributed by atoms with E-state index in [4.69, 9.17) is 4.55 Å². The van der Waals surface area contributed by atoms with Crippen LogP contribution in [0.3, 0.4) is 0 Å². The van der Waals surface area contributed by atoms with Crippen molar-refractivity contribution in [3.63, 3.8) is 0 Å². The zero-order valence-electron chi connectivity index (χ0n) is 4.42. The van der Waals surface area contributed by atoms with Crippen LogP contribution >= 0.6 is 0 Å². The average molecular weight is 123 g/mol. The average Bonchev–Trinajstić information content (AvgIpc) is 1.27. The van der Waals surface area contributed by atoms with Crippen LogP contribution in [0.4, 0.5) is 0 Å². The third-order valence-corrected chi connectivity index (χ3v) is 1.11. The molecule has 4 heteroatoms. The molecule has 44 valence electrons. The molecule has 0 aromatic rings. The summed E-state index contributed by atoms with van der Waals surface area (Å²) in [6.45, 7) is 0. The van der Waals surface area contributed by atoms with Crippen molar-refractivity contribution in [1.82, 2.24) is 4.90 Å². The Morgan fingerprint density at radius 3 is 2.14 bits per heavy atom. The summed E-state index contributed by atoms with van der Waals surface area (Å²) < 4.78 is 18.0. The van der Waals surface area contributed by atoms with E-state index in [0.717, 1.165) is 0 Å². The van der Waals surface area contributed by atoms with Gasteiger partial charge in [0, 0.05) is 0 Å². The van der Waals surface area contributed by atoms with E-state index in [0.29, 0.717) is 0 Å². The first-order chi connectivity index (χ1) is 3.13. The van der Waals surface area contributed by atoms with Crippen LogP contribution in [0.25, 0.3) is 0 Å². The van der Waals surface area contributed by atoms with Crippen LogP contribution in [0.15, 0.2) is 0 Å². The van der Waals surface area contributed by atoms with Crippen LogP contribution in [-0.2, 0) is 11.1 Å². The normalized spacial score (nSPS) is 14.9. The topological polar surface area (TPSA) is 40.5 Å². The van der Waals surface area contributed by atoms with Gasteiger partial charge in [-0.05, 0) is 14.1 Å². The Kier molecular flexibility index (Phi) is 3.15. The number of hydrogen-bond donors (Lipinski definition) is 1. The highest BCUT2D eigenvalue weighted by Crippen LogP contribution is 1.75. The smallest absolute Gasteiger partial charge is 0.167 e. The molecule has 0 spiro atoms. The SMILES string of the molecule is CN(C)CS(=O)O. The monoisotopic (exact) mass is 123 g/mol. The van der Waals surface area contributed by atoms with E-state index in [1.54, 1.807) is 19.0 Å². The van der Waals surface area contributed by atoms with Crippen LogP contribution in [0.5, 0.6) is 0 Å². The van der Waals surface area contributed by atoms with E-state index < -0.39 is 11.1 Å². The first-order valence-electron chi connectivity index (χ1n) is 1.85. The minimum absolute atomic E-state index is 0.222. The largest absolute Gasteiger partial charge is 0.305 e. The van der Waals surface area contributed by atoms with E-state index in [-0.39, 0.29) is 5.88 Å². The predicted octanol–water partition coefficient (Wildman–Crippen LogP) is -0.273. The summed E-state index contributed by atoms with van der Waals surface area (Å²) in [5, 5.41) is 0. The molecule has 3 nitrogen and oxygen atoms in total. The van der Waals surface area contributed by atoms with Gasteiger partial charge in [-0.1, -0.05) is 0 Å². The van der Waals surface area contributed by atoms with Gasteiger partial charge in [0.15, 0.2) is 11.1 Å². The molecule has 0 rings (SSSR count). The molecule has 0 heterocycles. The van der Waals surface area contributed by atoms with Crippen molar-refractivity contribution in [1.29, 1.82) is 0 Å². The Morgan fingerprint density at radius 1 is 1.71 bits per heavy atom. The molecule has 1 N–H and O–H groups in total. The Balaban J connectivity index is 3.13. The zero-order valence-corrected chi connectivity index (χ0v) is 5.23. The highest BCUT2D eigenvalue weighted by molar-refractivity contribution is 7.79. The Morgan fingerprint density at radius 2 is 2.14 bits per heavy atom. The van der Waals surface area contributed by atoms with E-state index in [9.17, 15) is 4.21 Å². The van der Waals surface area contributed by atoms with Gasteiger partial charge in [0.1, 0.15) is 5.88 Å². The fraction of sp³-hybridized carbons (Fsp3) is 1.00. The highest BCUT2D eigenvalue weighted by atomic mass is 32.2. The number of rotatable bonds is 2. The zero-order chi connectivity index (χ0) is 5.86. The second kappa shape index (κ2) is 3.12. The molecular formula is C3H9NO2S. The summed E-state index contributed by atoms with van der Waals surface area (Å²) in [5.41, 5.74) is 0. The lowest BCUT2D eigenvalue weighted by molar-refractivity contribution is 0.453. The molecule has 0 aliphatic heterocycles. The van der Waals surface area contributed by atoms with Gasteiger partial charge in [0.05, 0.1) is 0 Å². The van der Waals surface area contributed by atoms with Crippen molar-refractivity contribution in [2.24, 2.45) is 0 Å². The summed E-state index contributed by atoms with van der Waals surface area (Å²) in [5.74, 6) is 0.222. The van der Waals surface area contributed by atoms with Crippen LogP contribution in [0.2, 0.25) is 0 Å². The lowest BCUT2D eigenvalue weighted by atomic mass is 11.0. The molecule has 0 amide bonds. The van der Waals surface area contributed by atoms with Gasteiger partial charge < -0.3 is 4.55 Å². The lowest BCUT2D eigenvalue weighted by Crippen LogP contribution is -2.16. The summed E-state index contributed by atoms with van der Waals surface area (Å²) in [6, 6.07) is 0. The highest BCUT2D eigenvalue weighted by Gasteiger charge is 1.91. The predicted molar refractivity (Wildman–Crippen MR) is 29.3 cm³/mol. The van der Waals surface area contributed by atoms with Gasteiger partial charge in [-0.15, -0.1) is 0 Å². The van der Waals surface area contributed by atoms with Crippen molar-refractivity contribution in [3.05, 3.63) is 0 Å². The number of nitrogens with zero attached hydrogens (tertiary/aromatic N) is 1.